The highest BCUT2D eigenvalue weighted by Gasteiger charge is 2.44. The molecule has 1 aliphatic heterocycles. The first-order valence-electron chi connectivity index (χ1n) is 26.6. The van der Waals surface area contributed by atoms with E-state index in [-0.39, 0.29) is 12.5 Å². The number of amides is 1. The number of carbonyl (C=O) groups excluding carboxylic acids is 1. The summed E-state index contributed by atoms with van der Waals surface area (Å²) in [5, 5.41) is 54.3. The maximum atomic E-state index is 13.0. The quantitative estimate of drug-likeness (QED) is 0.0262. The van der Waals surface area contributed by atoms with Crippen molar-refractivity contribution in [3.05, 3.63) is 24.3 Å². The number of nitrogens with one attached hydrogen (secondary N) is 1. The lowest BCUT2D eigenvalue weighted by Crippen LogP contribution is -2.60. The molecule has 1 fully saturated rings. The predicted octanol–water partition coefficient (Wildman–Crippen LogP) is 12.2. The van der Waals surface area contributed by atoms with Crippen molar-refractivity contribution < 1.29 is 39.8 Å². The summed E-state index contributed by atoms with van der Waals surface area (Å²) in [4.78, 5) is 13.0. The Morgan fingerprint density at radius 3 is 1.31 bits per heavy atom. The van der Waals surface area contributed by atoms with E-state index in [1.165, 1.54) is 193 Å². The summed E-state index contributed by atoms with van der Waals surface area (Å²) in [6.45, 7) is 3.78. The molecule has 1 saturated heterocycles. The summed E-state index contributed by atoms with van der Waals surface area (Å²) >= 11 is 0. The molecule has 62 heavy (non-hydrogen) atoms. The van der Waals surface area contributed by atoms with Gasteiger partial charge in [0.15, 0.2) is 6.29 Å². The Labute approximate surface area is 381 Å². The molecule has 366 valence electrons. The number of aliphatic hydroxyl groups excluding tert-OH is 5. The molecule has 9 heteroatoms. The fourth-order valence-electron chi connectivity index (χ4n) is 8.51. The van der Waals surface area contributed by atoms with E-state index in [0.29, 0.717) is 6.42 Å². The van der Waals surface area contributed by atoms with E-state index in [4.69, 9.17) is 9.47 Å². The van der Waals surface area contributed by atoms with Crippen LogP contribution in [-0.4, -0.2) is 87.5 Å². The van der Waals surface area contributed by atoms with Crippen LogP contribution >= 0.6 is 0 Å². The monoisotopic (exact) mass is 880 g/mol. The van der Waals surface area contributed by atoms with E-state index in [9.17, 15) is 30.3 Å². The standard InChI is InChI=1S/C53H101NO8/c1-3-5-7-9-11-13-15-17-18-19-20-21-22-23-24-25-26-27-28-29-30-31-33-35-37-39-41-43-49(57)54-46(45-61-53-52(60)51(59)50(58)48(44-55)62-53)47(56)42-40-38-36-34-32-16-14-12-10-8-6-4-2/h23-24,40,42,46-48,50-53,55-56,58-60H,3-22,25-39,41,43-45H2,1-2H3,(H,54,57)/b24-23-,42-40+. The molecule has 6 N–H and O–H groups in total. The van der Waals surface area contributed by atoms with Gasteiger partial charge in [-0.25, -0.2) is 0 Å². The van der Waals surface area contributed by atoms with Crippen molar-refractivity contribution in [2.24, 2.45) is 0 Å². The number of hydrogen-bond donors (Lipinski definition) is 6. The lowest BCUT2D eigenvalue weighted by Gasteiger charge is -2.40. The van der Waals surface area contributed by atoms with Crippen LogP contribution in [0.1, 0.15) is 251 Å². The van der Waals surface area contributed by atoms with Crippen LogP contribution in [0.25, 0.3) is 0 Å². The van der Waals surface area contributed by atoms with E-state index in [2.05, 4.69) is 31.3 Å². The van der Waals surface area contributed by atoms with Gasteiger partial charge in [0.1, 0.15) is 24.4 Å². The van der Waals surface area contributed by atoms with Gasteiger partial charge in [-0.2, -0.15) is 0 Å². The van der Waals surface area contributed by atoms with Crippen LogP contribution in [-0.2, 0) is 14.3 Å². The van der Waals surface area contributed by atoms with Gasteiger partial charge in [0.05, 0.1) is 25.4 Å². The molecule has 7 unspecified atom stereocenters. The SMILES string of the molecule is CCCCCCCCCCCC/C=C/C(O)C(COC1OC(CO)C(O)C(O)C1O)NC(=O)CCCCCCCCCCCCC/C=C\CCCCCCCCCCCCCC. The molecule has 0 aliphatic carbocycles. The summed E-state index contributed by atoms with van der Waals surface area (Å²) in [6, 6.07) is -0.802. The average molecular weight is 880 g/mol. The highest BCUT2D eigenvalue weighted by Crippen LogP contribution is 2.23. The maximum Gasteiger partial charge on any atom is 0.220 e. The fraction of sp³-hybridized carbons (Fsp3) is 0.906. The molecular formula is C53H101NO8. The normalized spacial score (nSPS) is 20.4. The fourth-order valence-corrected chi connectivity index (χ4v) is 8.51. The van der Waals surface area contributed by atoms with Crippen LogP contribution in [0.4, 0.5) is 0 Å². The molecule has 0 radical (unpaired) electrons. The Bertz CT molecular complexity index is 1020. The van der Waals surface area contributed by atoms with Gasteiger partial charge in [0.25, 0.3) is 0 Å². The van der Waals surface area contributed by atoms with Crippen molar-refractivity contribution in [1.82, 2.24) is 5.32 Å². The zero-order valence-electron chi connectivity index (χ0n) is 40.4. The van der Waals surface area contributed by atoms with E-state index in [1.807, 2.05) is 6.08 Å². The van der Waals surface area contributed by atoms with Gasteiger partial charge < -0.3 is 40.3 Å². The summed E-state index contributed by atoms with van der Waals surface area (Å²) < 4.78 is 11.2. The van der Waals surface area contributed by atoms with Crippen molar-refractivity contribution >= 4 is 5.91 Å². The van der Waals surface area contributed by atoms with Gasteiger partial charge in [-0.05, 0) is 44.9 Å². The molecule has 1 heterocycles. The van der Waals surface area contributed by atoms with Crippen molar-refractivity contribution in [3.63, 3.8) is 0 Å². The van der Waals surface area contributed by atoms with Crippen LogP contribution in [0.5, 0.6) is 0 Å². The zero-order valence-corrected chi connectivity index (χ0v) is 40.4. The van der Waals surface area contributed by atoms with Gasteiger partial charge >= 0.3 is 0 Å². The topological polar surface area (TPSA) is 149 Å². The smallest absolute Gasteiger partial charge is 0.220 e. The first-order chi connectivity index (χ1) is 30.3. The first kappa shape index (κ1) is 58.7. The molecule has 1 rings (SSSR count). The molecule has 7 atom stereocenters. The second-order valence-electron chi connectivity index (χ2n) is 18.7. The molecule has 0 aromatic heterocycles. The molecule has 1 amide bonds. The molecular weight excluding hydrogens is 779 g/mol. The van der Waals surface area contributed by atoms with Gasteiger partial charge in [-0.3, -0.25) is 4.79 Å². The molecule has 0 aromatic rings. The van der Waals surface area contributed by atoms with E-state index >= 15 is 0 Å². The number of ether oxygens (including phenoxy) is 2. The Kier molecular flexibility index (Phi) is 41.2. The van der Waals surface area contributed by atoms with Gasteiger partial charge in [-0.1, -0.05) is 224 Å². The maximum absolute atomic E-state index is 13.0. The minimum Gasteiger partial charge on any atom is -0.394 e. The van der Waals surface area contributed by atoms with Gasteiger partial charge in [0, 0.05) is 6.42 Å². The predicted molar refractivity (Wildman–Crippen MR) is 258 cm³/mol. The summed E-state index contributed by atoms with van der Waals surface area (Å²) in [6.07, 6.45) is 46.7. The average Bonchev–Trinajstić information content (AvgIpc) is 3.27. The second kappa shape index (κ2) is 43.6. The first-order valence-corrected chi connectivity index (χ1v) is 26.6. The highest BCUT2D eigenvalue weighted by atomic mass is 16.7. The second-order valence-corrected chi connectivity index (χ2v) is 18.7. The van der Waals surface area contributed by atoms with Crippen LogP contribution < -0.4 is 5.32 Å². The van der Waals surface area contributed by atoms with Crippen molar-refractivity contribution in [1.29, 1.82) is 0 Å². The number of allylic oxidation sites excluding steroid dienone is 3. The Morgan fingerprint density at radius 2 is 0.903 bits per heavy atom. The van der Waals surface area contributed by atoms with Crippen molar-refractivity contribution in [2.45, 2.75) is 294 Å². The number of unbranched alkanes of at least 4 members (excludes halogenated alkanes) is 33. The Morgan fingerprint density at radius 1 is 0.532 bits per heavy atom. The molecule has 0 saturated carbocycles. The number of carbonyl (C=O) groups is 1. The Hall–Kier alpha value is -1.33. The lowest BCUT2D eigenvalue weighted by atomic mass is 9.99. The molecule has 0 aromatic carbocycles. The lowest BCUT2D eigenvalue weighted by molar-refractivity contribution is -0.302. The van der Waals surface area contributed by atoms with Crippen molar-refractivity contribution in [3.8, 4) is 0 Å². The highest BCUT2D eigenvalue weighted by molar-refractivity contribution is 5.76. The third kappa shape index (κ3) is 33.2. The van der Waals surface area contributed by atoms with Crippen LogP contribution in [0.15, 0.2) is 24.3 Å². The minimum atomic E-state index is -1.56. The van der Waals surface area contributed by atoms with E-state index < -0.39 is 49.5 Å². The van der Waals surface area contributed by atoms with Gasteiger partial charge in [-0.15, -0.1) is 0 Å². The third-order valence-corrected chi connectivity index (χ3v) is 12.8. The molecule has 9 nitrogen and oxygen atoms in total. The third-order valence-electron chi connectivity index (χ3n) is 12.8. The molecule has 0 bridgehead atoms. The van der Waals surface area contributed by atoms with E-state index in [0.717, 1.165) is 38.5 Å². The summed E-state index contributed by atoms with van der Waals surface area (Å²) in [7, 11) is 0. The molecule has 1 aliphatic rings. The van der Waals surface area contributed by atoms with Crippen LogP contribution in [0.3, 0.4) is 0 Å². The van der Waals surface area contributed by atoms with Crippen molar-refractivity contribution in [2.75, 3.05) is 13.2 Å². The Balaban J connectivity index is 2.18. The number of aliphatic hydroxyl groups is 5. The minimum absolute atomic E-state index is 0.176. The van der Waals surface area contributed by atoms with Gasteiger partial charge in [0.2, 0.25) is 5.91 Å². The largest absolute Gasteiger partial charge is 0.394 e. The van der Waals surface area contributed by atoms with E-state index in [1.54, 1.807) is 6.08 Å². The summed E-state index contributed by atoms with van der Waals surface area (Å²) in [5.74, 6) is -0.176. The molecule has 0 spiro atoms. The number of hydrogen-bond acceptors (Lipinski definition) is 8. The number of rotatable bonds is 45. The van der Waals surface area contributed by atoms with Crippen LogP contribution in [0, 0.1) is 0 Å². The van der Waals surface area contributed by atoms with Crippen LogP contribution in [0.2, 0.25) is 0 Å². The zero-order chi connectivity index (χ0) is 45.1. The summed E-state index contributed by atoms with van der Waals surface area (Å²) in [5.41, 5.74) is 0.